The molecule has 44 heavy (non-hydrogen) atoms. The first-order chi connectivity index (χ1) is 21.0. The first-order valence-corrected chi connectivity index (χ1v) is 14.5. The molecule has 3 atom stereocenters. The summed E-state index contributed by atoms with van der Waals surface area (Å²) in [6, 6.07) is 6.47. The van der Waals surface area contributed by atoms with Gasteiger partial charge in [0.15, 0.2) is 0 Å². The lowest BCUT2D eigenvalue weighted by Crippen LogP contribution is -2.59. The molecule has 1 aliphatic carbocycles. The molecule has 246 valence electrons. The first kappa shape index (κ1) is 36.4. The van der Waals surface area contributed by atoms with E-state index in [9.17, 15) is 29.1 Å². The Bertz CT molecular complexity index is 1080. The van der Waals surface area contributed by atoms with Gasteiger partial charge in [-0.1, -0.05) is 25.0 Å². The Morgan fingerprint density at radius 3 is 1.66 bits per heavy atom. The van der Waals surface area contributed by atoms with Gasteiger partial charge < -0.3 is 29.4 Å². The van der Waals surface area contributed by atoms with Crippen LogP contribution in [0.25, 0.3) is 0 Å². The summed E-state index contributed by atoms with van der Waals surface area (Å²) in [7, 11) is 6.87. The van der Waals surface area contributed by atoms with Gasteiger partial charge in [-0.2, -0.15) is 0 Å². The smallest absolute Gasteiger partial charge is 0.319 e. The van der Waals surface area contributed by atoms with Gasteiger partial charge in [0.05, 0.1) is 61.2 Å². The Morgan fingerprint density at radius 2 is 1.20 bits per heavy atom. The molecule has 0 radical (unpaired) electrons. The molecular formula is C30H46N4O10. The zero-order valence-electron chi connectivity index (χ0n) is 26.3. The highest BCUT2D eigenvalue weighted by Crippen LogP contribution is 2.29. The molecule has 1 aromatic rings. The van der Waals surface area contributed by atoms with Crippen LogP contribution in [0.3, 0.4) is 0 Å². The summed E-state index contributed by atoms with van der Waals surface area (Å²) in [6.07, 6.45) is 3.24. The lowest BCUT2D eigenvalue weighted by Gasteiger charge is -2.46. The largest absolute Gasteiger partial charge is 0.480 e. The van der Waals surface area contributed by atoms with E-state index in [0.717, 1.165) is 24.1 Å². The van der Waals surface area contributed by atoms with Crippen molar-refractivity contribution in [2.24, 2.45) is 0 Å². The zero-order valence-corrected chi connectivity index (χ0v) is 26.3. The zero-order chi connectivity index (χ0) is 32.6. The van der Waals surface area contributed by atoms with Gasteiger partial charge in [0, 0.05) is 37.4 Å². The fourth-order valence-electron chi connectivity index (χ4n) is 5.62. The third kappa shape index (κ3) is 11.7. The minimum absolute atomic E-state index is 0.129. The molecule has 0 saturated heterocycles. The van der Waals surface area contributed by atoms with Gasteiger partial charge in [-0.15, -0.1) is 0 Å². The number of methoxy groups -OCH3 is 4. The van der Waals surface area contributed by atoms with Gasteiger partial charge >= 0.3 is 29.8 Å². The van der Waals surface area contributed by atoms with E-state index in [0.29, 0.717) is 19.3 Å². The molecule has 1 saturated carbocycles. The summed E-state index contributed by atoms with van der Waals surface area (Å²) in [6.45, 7) is -0.959. The maximum atomic E-state index is 12.8. The van der Waals surface area contributed by atoms with Crippen LogP contribution in [0.2, 0.25) is 0 Å². The molecule has 14 nitrogen and oxygen atoms in total. The Morgan fingerprint density at radius 1 is 0.750 bits per heavy atom. The molecule has 0 bridgehead atoms. The van der Waals surface area contributed by atoms with Crippen LogP contribution in [-0.4, -0.2) is 143 Å². The van der Waals surface area contributed by atoms with E-state index >= 15 is 0 Å². The third-order valence-corrected chi connectivity index (χ3v) is 7.89. The molecule has 1 aromatic carbocycles. The number of anilines is 1. The van der Waals surface area contributed by atoms with E-state index in [1.807, 2.05) is 36.2 Å². The van der Waals surface area contributed by atoms with Crippen molar-refractivity contribution in [2.75, 3.05) is 80.1 Å². The van der Waals surface area contributed by atoms with Gasteiger partial charge in [0.2, 0.25) is 0 Å². The van der Waals surface area contributed by atoms with E-state index in [2.05, 4.69) is 5.32 Å². The van der Waals surface area contributed by atoms with Crippen molar-refractivity contribution in [3.63, 3.8) is 0 Å². The quantitative estimate of drug-likeness (QED) is 0.173. The highest BCUT2D eigenvalue weighted by Gasteiger charge is 2.38. The number of aliphatic carboxylic acids is 1. The Kier molecular flexibility index (Phi) is 15.6. The predicted molar refractivity (Wildman–Crippen MR) is 160 cm³/mol. The van der Waals surface area contributed by atoms with Crippen molar-refractivity contribution in [3.05, 3.63) is 29.8 Å². The number of hydrogen-bond acceptors (Lipinski definition) is 13. The molecule has 1 aliphatic rings. The molecule has 0 amide bonds. The molecule has 2 rings (SSSR count). The predicted octanol–water partition coefficient (Wildman–Crippen LogP) is 0.633. The maximum absolute atomic E-state index is 12.8. The summed E-state index contributed by atoms with van der Waals surface area (Å²) in [4.78, 5) is 67.0. The highest BCUT2D eigenvalue weighted by molar-refractivity contribution is 5.75. The number of benzene rings is 1. The number of carbonyl (C=O) groups excluding carboxylic acids is 4. The first-order valence-electron chi connectivity index (χ1n) is 14.5. The summed E-state index contributed by atoms with van der Waals surface area (Å²) < 4.78 is 19.7. The van der Waals surface area contributed by atoms with Crippen LogP contribution in [-0.2, 0) is 49.3 Å². The van der Waals surface area contributed by atoms with Crippen LogP contribution in [0.1, 0.15) is 31.2 Å². The second-order valence-corrected chi connectivity index (χ2v) is 10.7. The van der Waals surface area contributed by atoms with E-state index in [1.54, 1.807) is 9.80 Å². The molecule has 0 heterocycles. The van der Waals surface area contributed by atoms with Gasteiger partial charge in [-0.25, -0.2) is 0 Å². The minimum Gasteiger partial charge on any atom is -0.480 e. The van der Waals surface area contributed by atoms with Crippen molar-refractivity contribution >= 4 is 35.5 Å². The van der Waals surface area contributed by atoms with Crippen LogP contribution in [0.4, 0.5) is 5.69 Å². The van der Waals surface area contributed by atoms with Gasteiger partial charge in [0.1, 0.15) is 0 Å². The minimum atomic E-state index is -1.09. The molecule has 1 fully saturated rings. The SMILES string of the molecule is CNc1ccc(C[C@H](CN(CC(=O)OC)[C@H]2CCCC[C@@H]2N(CC(=O)O)CC(=O)OC)N(CC(=O)OC)CC(=O)OC)cc1. The second-order valence-electron chi connectivity index (χ2n) is 10.7. The number of carbonyl (C=O) groups is 5. The van der Waals surface area contributed by atoms with Crippen molar-refractivity contribution < 1.29 is 48.0 Å². The summed E-state index contributed by atoms with van der Waals surface area (Å²) in [5.41, 5.74) is 1.83. The summed E-state index contributed by atoms with van der Waals surface area (Å²) >= 11 is 0. The molecule has 0 aliphatic heterocycles. The molecule has 0 aromatic heterocycles. The average molecular weight is 623 g/mol. The number of esters is 4. The van der Waals surface area contributed by atoms with E-state index in [4.69, 9.17) is 18.9 Å². The number of nitrogens with zero attached hydrogens (tertiary/aromatic N) is 3. The second kappa shape index (κ2) is 18.8. The van der Waals surface area contributed by atoms with Crippen LogP contribution in [0, 0.1) is 0 Å². The lowest BCUT2D eigenvalue weighted by atomic mass is 9.87. The Balaban J connectivity index is 2.57. The third-order valence-electron chi connectivity index (χ3n) is 7.89. The molecular weight excluding hydrogens is 576 g/mol. The van der Waals surface area contributed by atoms with Gasteiger partial charge in [-0.3, -0.25) is 38.7 Å². The van der Waals surface area contributed by atoms with Crippen LogP contribution < -0.4 is 5.32 Å². The highest BCUT2D eigenvalue weighted by atomic mass is 16.5. The van der Waals surface area contributed by atoms with E-state index in [1.165, 1.54) is 28.4 Å². The number of carboxylic acids is 1. The van der Waals surface area contributed by atoms with Crippen molar-refractivity contribution in [1.29, 1.82) is 0 Å². The maximum Gasteiger partial charge on any atom is 0.319 e. The number of rotatable bonds is 18. The van der Waals surface area contributed by atoms with Crippen LogP contribution in [0.5, 0.6) is 0 Å². The standard InChI is InChI=1S/C30H46N4O10/c1-31-22-12-10-21(11-13-22)14-23(32(17-27(37)41-2)18-28(38)42-3)15-33(19-29(39)43-4)24-8-6-7-9-25(24)34(16-26(35)36)20-30(40)44-5/h10-13,23-25,31H,6-9,14-20H2,1-5H3,(H,35,36)/t23-,24+,25+/m1/s1. The van der Waals surface area contributed by atoms with Crippen molar-refractivity contribution in [1.82, 2.24) is 14.7 Å². The fraction of sp³-hybridized carbons (Fsp3) is 0.633. The Hall–Kier alpha value is -3.75. The summed E-state index contributed by atoms with van der Waals surface area (Å²) in [5, 5.41) is 12.7. The van der Waals surface area contributed by atoms with Crippen molar-refractivity contribution in [2.45, 2.75) is 50.2 Å². The topological polar surface area (TPSA) is 164 Å². The Labute approximate surface area is 258 Å². The number of ether oxygens (including phenoxy) is 4. The number of hydrogen-bond donors (Lipinski definition) is 2. The molecule has 14 heteroatoms. The number of carboxylic acid groups (broad SMARTS) is 1. The van der Waals surface area contributed by atoms with Crippen LogP contribution in [0.15, 0.2) is 24.3 Å². The van der Waals surface area contributed by atoms with Crippen LogP contribution >= 0.6 is 0 Å². The lowest BCUT2D eigenvalue weighted by molar-refractivity contribution is -0.149. The monoisotopic (exact) mass is 622 g/mol. The molecule has 2 N–H and O–H groups in total. The number of nitrogens with one attached hydrogen (secondary N) is 1. The normalized spacial score (nSPS) is 17.2. The molecule has 0 unspecified atom stereocenters. The van der Waals surface area contributed by atoms with Crippen molar-refractivity contribution in [3.8, 4) is 0 Å². The fourth-order valence-corrected chi connectivity index (χ4v) is 5.62. The van der Waals surface area contributed by atoms with E-state index in [-0.39, 0.29) is 45.3 Å². The average Bonchev–Trinajstić information content (AvgIpc) is 3.03. The molecule has 0 spiro atoms. The summed E-state index contributed by atoms with van der Waals surface area (Å²) in [5.74, 6) is -3.27. The van der Waals surface area contributed by atoms with Gasteiger partial charge in [-0.05, 0) is 37.0 Å². The van der Waals surface area contributed by atoms with E-state index < -0.39 is 41.9 Å². The van der Waals surface area contributed by atoms with Gasteiger partial charge in [0.25, 0.3) is 0 Å².